The van der Waals surface area contributed by atoms with Crippen LogP contribution in [0.2, 0.25) is 0 Å². The number of rotatable bonds is 2. The smallest absolute Gasteiger partial charge is 0.298 e. The minimum atomic E-state index is -0.357. The lowest BCUT2D eigenvalue weighted by Crippen LogP contribution is -2.33. The summed E-state index contributed by atoms with van der Waals surface area (Å²) >= 11 is 0. The molecule has 1 N–H and O–H groups in total. The van der Waals surface area contributed by atoms with Crippen molar-refractivity contribution in [3.8, 4) is 0 Å². The average molecular weight is 288 g/mol. The maximum absolute atomic E-state index is 13.6. The van der Waals surface area contributed by atoms with E-state index in [1.54, 1.807) is 12.1 Å². The van der Waals surface area contributed by atoms with Crippen molar-refractivity contribution < 1.29 is 8.81 Å². The summed E-state index contributed by atoms with van der Waals surface area (Å²) in [6, 6.07) is 5.20. The van der Waals surface area contributed by atoms with Gasteiger partial charge in [0.1, 0.15) is 5.52 Å². The fraction of sp³-hybridized carbons (Fsp3) is 0.385. The van der Waals surface area contributed by atoms with Crippen LogP contribution in [0.25, 0.3) is 11.1 Å². The first-order valence-corrected chi connectivity index (χ1v) is 6.84. The van der Waals surface area contributed by atoms with Crippen molar-refractivity contribution in [1.29, 1.82) is 0 Å². The number of hydrogen-bond donors (Lipinski definition) is 1. The average Bonchev–Trinajstić information content (AvgIpc) is 3.18. The molecular formula is C13H13FN6O. The van der Waals surface area contributed by atoms with Crippen LogP contribution in [0.5, 0.6) is 0 Å². The number of nitrogens with zero attached hydrogens (tertiary/aromatic N) is 5. The Morgan fingerprint density at radius 1 is 1.29 bits per heavy atom. The molecule has 1 fully saturated rings. The van der Waals surface area contributed by atoms with Crippen molar-refractivity contribution in [3.05, 3.63) is 29.8 Å². The second-order valence-corrected chi connectivity index (χ2v) is 5.11. The second-order valence-electron chi connectivity index (χ2n) is 5.11. The minimum absolute atomic E-state index is 0.285. The Bertz CT molecular complexity index is 747. The molecule has 3 heterocycles. The summed E-state index contributed by atoms with van der Waals surface area (Å²) in [6.45, 7) is 1.54. The number of halogens is 1. The van der Waals surface area contributed by atoms with Crippen molar-refractivity contribution in [1.82, 2.24) is 25.6 Å². The molecule has 0 amide bonds. The largest absolute Gasteiger partial charge is 0.423 e. The fourth-order valence-corrected chi connectivity index (χ4v) is 2.71. The Balaban J connectivity index is 1.53. The van der Waals surface area contributed by atoms with Crippen molar-refractivity contribution in [2.75, 3.05) is 18.0 Å². The van der Waals surface area contributed by atoms with Crippen LogP contribution in [0.15, 0.2) is 22.6 Å². The van der Waals surface area contributed by atoms with Crippen LogP contribution < -0.4 is 4.90 Å². The van der Waals surface area contributed by atoms with Crippen molar-refractivity contribution in [2.45, 2.75) is 18.8 Å². The Morgan fingerprint density at radius 2 is 2.14 bits per heavy atom. The first kappa shape index (κ1) is 12.2. The van der Waals surface area contributed by atoms with Crippen LogP contribution in [0.3, 0.4) is 0 Å². The van der Waals surface area contributed by atoms with Crippen molar-refractivity contribution >= 4 is 17.1 Å². The molecule has 0 unspecified atom stereocenters. The molecule has 4 rings (SSSR count). The van der Waals surface area contributed by atoms with Gasteiger partial charge in [-0.05, 0) is 25.0 Å². The zero-order chi connectivity index (χ0) is 14.2. The van der Waals surface area contributed by atoms with Gasteiger partial charge in [0.05, 0.1) is 0 Å². The van der Waals surface area contributed by atoms with Gasteiger partial charge in [-0.25, -0.2) is 4.39 Å². The Kier molecular flexibility index (Phi) is 2.80. The van der Waals surface area contributed by atoms with E-state index in [1.807, 2.05) is 4.90 Å². The molecule has 2 aromatic heterocycles. The summed E-state index contributed by atoms with van der Waals surface area (Å²) < 4.78 is 19.3. The molecule has 0 radical (unpaired) electrons. The van der Waals surface area contributed by atoms with E-state index in [2.05, 4.69) is 25.6 Å². The number of hydrogen-bond acceptors (Lipinski definition) is 6. The van der Waals surface area contributed by atoms with E-state index < -0.39 is 0 Å². The number of nitrogens with one attached hydrogen (secondary N) is 1. The zero-order valence-corrected chi connectivity index (χ0v) is 11.2. The van der Waals surface area contributed by atoms with Crippen LogP contribution in [-0.4, -0.2) is 38.7 Å². The SMILES string of the molecule is Fc1cccc2oc(N3CCC(c4nn[nH]n4)CC3)nc12. The second kappa shape index (κ2) is 4.80. The molecule has 0 aliphatic carbocycles. The molecule has 21 heavy (non-hydrogen) atoms. The van der Waals surface area contributed by atoms with E-state index in [0.29, 0.717) is 17.5 Å². The lowest BCUT2D eigenvalue weighted by molar-refractivity contribution is 0.455. The van der Waals surface area contributed by atoms with Gasteiger partial charge in [0.15, 0.2) is 17.2 Å². The van der Waals surface area contributed by atoms with Gasteiger partial charge in [0, 0.05) is 19.0 Å². The first-order chi connectivity index (χ1) is 10.3. The molecule has 8 heteroatoms. The summed E-state index contributed by atoms with van der Waals surface area (Å²) in [5.41, 5.74) is 0.762. The molecule has 1 aliphatic heterocycles. The summed E-state index contributed by atoms with van der Waals surface area (Å²) in [6.07, 6.45) is 1.78. The monoisotopic (exact) mass is 288 g/mol. The third-order valence-electron chi connectivity index (χ3n) is 3.85. The minimum Gasteiger partial charge on any atom is -0.423 e. The van der Waals surface area contributed by atoms with E-state index in [1.165, 1.54) is 6.07 Å². The predicted molar refractivity (Wildman–Crippen MR) is 72.3 cm³/mol. The van der Waals surface area contributed by atoms with Gasteiger partial charge < -0.3 is 9.32 Å². The number of benzene rings is 1. The molecule has 1 aromatic carbocycles. The fourth-order valence-electron chi connectivity index (χ4n) is 2.71. The van der Waals surface area contributed by atoms with Crippen LogP contribution in [0.4, 0.5) is 10.4 Å². The Hall–Kier alpha value is -2.51. The first-order valence-electron chi connectivity index (χ1n) is 6.84. The third-order valence-corrected chi connectivity index (χ3v) is 3.85. The summed E-state index contributed by atoms with van der Waals surface area (Å²) in [7, 11) is 0. The predicted octanol–water partition coefficient (Wildman–Crippen LogP) is 1.86. The number of oxazole rings is 1. The Morgan fingerprint density at radius 3 is 2.86 bits per heavy atom. The molecule has 0 saturated carbocycles. The summed E-state index contributed by atoms with van der Waals surface area (Å²) in [5, 5.41) is 14.1. The molecule has 1 aliphatic rings. The normalized spacial score (nSPS) is 16.7. The quantitative estimate of drug-likeness (QED) is 0.775. The Labute approximate surface area is 119 Å². The van der Waals surface area contributed by atoms with Gasteiger partial charge >= 0.3 is 0 Å². The van der Waals surface area contributed by atoms with E-state index >= 15 is 0 Å². The number of anilines is 1. The van der Waals surface area contributed by atoms with Crippen molar-refractivity contribution in [3.63, 3.8) is 0 Å². The highest BCUT2D eigenvalue weighted by molar-refractivity contribution is 5.75. The number of H-pyrrole nitrogens is 1. The molecular weight excluding hydrogens is 275 g/mol. The van der Waals surface area contributed by atoms with Gasteiger partial charge in [-0.1, -0.05) is 11.3 Å². The lowest BCUT2D eigenvalue weighted by Gasteiger charge is -2.29. The highest BCUT2D eigenvalue weighted by Crippen LogP contribution is 2.30. The summed E-state index contributed by atoms with van der Waals surface area (Å²) in [5.74, 6) is 0.684. The highest BCUT2D eigenvalue weighted by Gasteiger charge is 2.26. The molecule has 0 atom stereocenters. The van der Waals surface area contributed by atoms with Gasteiger partial charge in [0.25, 0.3) is 6.01 Å². The maximum Gasteiger partial charge on any atom is 0.298 e. The van der Waals surface area contributed by atoms with Crippen LogP contribution in [0, 0.1) is 5.82 Å². The highest BCUT2D eigenvalue weighted by atomic mass is 19.1. The van der Waals surface area contributed by atoms with E-state index in [0.717, 1.165) is 31.8 Å². The molecule has 7 nitrogen and oxygen atoms in total. The van der Waals surface area contributed by atoms with E-state index in [4.69, 9.17) is 4.42 Å². The molecule has 108 valence electrons. The zero-order valence-electron chi connectivity index (χ0n) is 11.2. The topological polar surface area (TPSA) is 83.7 Å². The van der Waals surface area contributed by atoms with Crippen LogP contribution >= 0.6 is 0 Å². The van der Waals surface area contributed by atoms with Gasteiger partial charge in [-0.2, -0.15) is 10.2 Å². The van der Waals surface area contributed by atoms with E-state index in [-0.39, 0.29) is 11.3 Å². The maximum atomic E-state index is 13.6. The number of aromatic nitrogens is 5. The van der Waals surface area contributed by atoms with Gasteiger partial charge in [-0.15, -0.1) is 10.2 Å². The number of para-hydroxylation sites is 1. The number of fused-ring (bicyclic) bond motifs is 1. The summed E-state index contributed by atoms with van der Waals surface area (Å²) in [4.78, 5) is 6.28. The third kappa shape index (κ3) is 2.12. The van der Waals surface area contributed by atoms with Crippen molar-refractivity contribution in [2.24, 2.45) is 0 Å². The molecule has 3 aromatic rings. The number of tetrazole rings is 1. The van der Waals surface area contributed by atoms with E-state index in [9.17, 15) is 4.39 Å². The lowest BCUT2D eigenvalue weighted by atomic mass is 9.96. The molecule has 0 bridgehead atoms. The van der Waals surface area contributed by atoms with Crippen LogP contribution in [-0.2, 0) is 0 Å². The standard InChI is InChI=1S/C13H13FN6O/c14-9-2-1-3-10-11(9)15-13(21-10)20-6-4-8(5-7-20)12-16-18-19-17-12/h1-3,8H,4-7H2,(H,16,17,18,19). The van der Waals surface area contributed by atoms with Gasteiger partial charge in [0.2, 0.25) is 0 Å². The number of aromatic amines is 1. The molecule has 1 saturated heterocycles. The van der Waals surface area contributed by atoms with Gasteiger partial charge in [-0.3, -0.25) is 0 Å². The van der Waals surface area contributed by atoms with Crippen LogP contribution in [0.1, 0.15) is 24.6 Å². The number of piperidine rings is 1. The molecule has 0 spiro atoms.